The van der Waals surface area contributed by atoms with E-state index in [0.29, 0.717) is 32.5 Å². The number of hydrogen-bond acceptors (Lipinski definition) is 4. The lowest BCUT2D eigenvalue weighted by molar-refractivity contribution is -0.134. The zero-order valence-corrected chi connectivity index (χ0v) is 14.6. The van der Waals surface area contributed by atoms with Gasteiger partial charge < -0.3 is 14.5 Å². The lowest BCUT2D eigenvalue weighted by Crippen LogP contribution is -2.62. The molecule has 0 spiro atoms. The molecule has 3 heterocycles. The molecule has 0 radical (unpaired) electrons. The Hall–Kier alpha value is -2.11. The van der Waals surface area contributed by atoms with Gasteiger partial charge in [0, 0.05) is 44.4 Å². The van der Waals surface area contributed by atoms with Gasteiger partial charge in [-0.05, 0) is 39.3 Å². The molecular weight excluding hydrogens is 306 g/mol. The zero-order valence-electron chi connectivity index (χ0n) is 14.6. The minimum Gasteiger partial charge on any atom is -0.444 e. The summed E-state index contributed by atoms with van der Waals surface area (Å²) in [4.78, 5) is 32.8. The summed E-state index contributed by atoms with van der Waals surface area (Å²) in [5.74, 6) is 0.176. The maximum Gasteiger partial charge on any atom is 0.410 e. The van der Waals surface area contributed by atoms with Crippen LogP contribution in [0.4, 0.5) is 4.79 Å². The minimum atomic E-state index is -0.520. The van der Waals surface area contributed by atoms with Gasteiger partial charge in [-0.1, -0.05) is 6.07 Å². The van der Waals surface area contributed by atoms with E-state index < -0.39 is 5.60 Å². The number of aromatic nitrogens is 1. The summed E-state index contributed by atoms with van der Waals surface area (Å²) in [5, 5.41) is 0. The van der Waals surface area contributed by atoms with Gasteiger partial charge in [0.05, 0.1) is 5.54 Å². The average Bonchev–Trinajstić information content (AvgIpc) is 2.83. The van der Waals surface area contributed by atoms with Crippen molar-refractivity contribution in [2.75, 3.05) is 19.6 Å². The molecule has 6 nitrogen and oxygen atoms in total. The molecule has 2 fully saturated rings. The number of nitrogens with zero attached hydrogens (tertiary/aromatic N) is 3. The Kier molecular flexibility index (Phi) is 4.24. The number of rotatable bonds is 2. The van der Waals surface area contributed by atoms with E-state index in [1.54, 1.807) is 11.1 Å². The Balaban J connectivity index is 1.80. The number of fused-ring (bicyclic) bond motifs is 1. The first-order valence-electron chi connectivity index (χ1n) is 8.47. The standard InChI is InChI=1S/C18H25N3O3/c1-17(2,3)24-16(23)20-10-11-21-15(22)7-8-18(21,13-20)12-14-6-4-5-9-19-14/h4-6,9H,7-8,10-13H2,1-3H3. The van der Waals surface area contributed by atoms with Crippen molar-refractivity contribution in [2.24, 2.45) is 0 Å². The van der Waals surface area contributed by atoms with Crippen LogP contribution in [0.3, 0.4) is 0 Å². The fraction of sp³-hybridized carbons (Fsp3) is 0.611. The van der Waals surface area contributed by atoms with Gasteiger partial charge in [-0.25, -0.2) is 4.79 Å². The van der Waals surface area contributed by atoms with Crippen LogP contribution in [0.5, 0.6) is 0 Å². The van der Waals surface area contributed by atoms with Gasteiger partial charge in [-0.3, -0.25) is 9.78 Å². The van der Waals surface area contributed by atoms with E-state index in [0.717, 1.165) is 12.1 Å². The highest BCUT2D eigenvalue weighted by atomic mass is 16.6. The molecule has 3 rings (SSSR count). The van der Waals surface area contributed by atoms with Gasteiger partial charge in [0.15, 0.2) is 0 Å². The van der Waals surface area contributed by atoms with Crippen LogP contribution < -0.4 is 0 Å². The van der Waals surface area contributed by atoms with Crippen molar-refractivity contribution in [3.05, 3.63) is 30.1 Å². The molecule has 2 amide bonds. The maximum absolute atomic E-state index is 12.5. The topological polar surface area (TPSA) is 62.7 Å². The second kappa shape index (κ2) is 6.07. The van der Waals surface area contributed by atoms with Crippen molar-refractivity contribution in [3.8, 4) is 0 Å². The van der Waals surface area contributed by atoms with Crippen LogP contribution in [0.2, 0.25) is 0 Å². The summed E-state index contributed by atoms with van der Waals surface area (Å²) < 4.78 is 5.52. The van der Waals surface area contributed by atoms with Crippen LogP contribution in [0.1, 0.15) is 39.3 Å². The minimum absolute atomic E-state index is 0.176. The Bertz CT molecular complexity index is 626. The first-order valence-corrected chi connectivity index (χ1v) is 8.47. The summed E-state index contributed by atoms with van der Waals surface area (Å²) in [6.45, 7) is 7.18. The van der Waals surface area contributed by atoms with Crippen molar-refractivity contribution in [1.29, 1.82) is 0 Å². The average molecular weight is 331 g/mol. The molecular formula is C18H25N3O3. The number of piperazine rings is 1. The van der Waals surface area contributed by atoms with Gasteiger partial charge >= 0.3 is 6.09 Å². The first-order chi connectivity index (χ1) is 11.3. The number of carbonyl (C=O) groups excluding carboxylic acids is 2. The monoisotopic (exact) mass is 331 g/mol. The number of amides is 2. The fourth-order valence-corrected chi connectivity index (χ4v) is 3.62. The van der Waals surface area contributed by atoms with Crippen LogP contribution in [0.15, 0.2) is 24.4 Å². The van der Waals surface area contributed by atoms with E-state index in [4.69, 9.17) is 4.74 Å². The normalized spacial score (nSPS) is 24.0. The number of carbonyl (C=O) groups is 2. The van der Waals surface area contributed by atoms with E-state index in [1.807, 2.05) is 43.9 Å². The lowest BCUT2D eigenvalue weighted by Gasteiger charge is -2.47. The highest BCUT2D eigenvalue weighted by Gasteiger charge is 2.50. The van der Waals surface area contributed by atoms with Crippen molar-refractivity contribution >= 4 is 12.0 Å². The van der Waals surface area contributed by atoms with Gasteiger partial charge in [0.2, 0.25) is 5.91 Å². The molecule has 2 aliphatic heterocycles. The SMILES string of the molecule is CC(C)(C)OC(=O)N1CCN2C(=O)CCC2(Cc2ccccn2)C1. The third-order valence-electron chi connectivity index (χ3n) is 4.64. The van der Waals surface area contributed by atoms with Crippen molar-refractivity contribution in [3.63, 3.8) is 0 Å². The molecule has 2 aliphatic rings. The Labute approximate surface area is 142 Å². The number of pyridine rings is 1. The number of hydrogen-bond donors (Lipinski definition) is 0. The highest BCUT2D eigenvalue weighted by Crippen LogP contribution is 2.36. The smallest absolute Gasteiger partial charge is 0.410 e. The molecule has 1 unspecified atom stereocenters. The predicted octanol–water partition coefficient (Wildman–Crippen LogP) is 2.24. The van der Waals surface area contributed by atoms with Crippen LogP contribution in [-0.4, -0.2) is 57.6 Å². The molecule has 24 heavy (non-hydrogen) atoms. The molecule has 1 aromatic heterocycles. The molecule has 1 atom stereocenters. The lowest BCUT2D eigenvalue weighted by atomic mass is 9.88. The Morgan fingerprint density at radius 2 is 2.12 bits per heavy atom. The van der Waals surface area contributed by atoms with Crippen molar-refractivity contribution in [1.82, 2.24) is 14.8 Å². The molecule has 0 saturated carbocycles. The molecule has 6 heteroatoms. The first kappa shape index (κ1) is 16.7. The predicted molar refractivity (Wildman–Crippen MR) is 89.4 cm³/mol. The quantitative estimate of drug-likeness (QED) is 0.834. The molecule has 0 bridgehead atoms. The van der Waals surface area contributed by atoms with Crippen LogP contribution >= 0.6 is 0 Å². The van der Waals surface area contributed by atoms with Gasteiger partial charge in [-0.2, -0.15) is 0 Å². The summed E-state index contributed by atoms with van der Waals surface area (Å²) >= 11 is 0. The van der Waals surface area contributed by atoms with Gasteiger partial charge in [0.1, 0.15) is 5.60 Å². The van der Waals surface area contributed by atoms with Crippen LogP contribution in [-0.2, 0) is 16.0 Å². The molecule has 1 aromatic rings. The third-order valence-corrected chi connectivity index (χ3v) is 4.64. The van der Waals surface area contributed by atoms with Crippen LogP contribution in [0, 0.1) is 0 Å². The van der Waals surface area contributed by atoms with E-state index in [1.165, 1.54) is 0 Å². The molecule has 0 N–H and O–H groups in total. The largest absolute Gasteiger partial charge is 0.444 e. The highest BCUT2D eigenvalue weighted by molar-refractivity contribution is 5.80. The molecule has 130 valence electrons. The van der Waals surface area contributed by atoms with Crippen molar-refractivity contribution in [2.45, 2.75) is 51.2 Å². The molecule has 2 saturated heterocycles. The van der Waals surface area contributed by atoms with E-state index >= 15 is 0 Å². The van der Waals surface area contributed by atoms with Gasteiger partial charge in [-0.15, -0.1) is 0 Å². The van der Waals surface area contributed by atoms with Crippen LogP contribution in [0.25, 0.3) is 0 Å². The summed E-state index contributed by atoms with van der Waals surface area (Å²) in [6, 6.07) is 5.81. The summed E-state index contributed by atoms with van der Waals surface area (Å²) in [6.07, 6.45) is 3.42. The van der Waals surface area contributed by atoms with E-state index in [-0.39, 0.29) is 17.5 Å². The Morgan fingerprint density at radius 3 is 2.79 bits per heavy atom. The van der Waals surface area contributed by atoms with E-state index in [2.05, 4.69) is 4.98 Å². The maximum atomic E-state index is 12.5. The van der Waals surface area contributed by atoms with E-state index in [9.17, 15) is 9.59 Å². The van der Waals surface area contributed by atoms with Crippen molar-refractivity contribution < 1.29 is 14.3 Å². The summed E-state index contributed by atoms with van der Waals surface area (Å²) in [5.41, 5.74) is 0.0669. The second-order valence-electron chi connectivity index (χ2n) is 7.67. The molecule has 0 aliphatic carbocycles. The summed E-state index contributed by atoms with van der Waals surface area (Å²) in [7, 11) is 0. The second-order valence-corrected chi connectivity index (χ2v) is 7.67. The van der Waals surface area contributed by atoms with Gasteiger partial charge in [0.25, 0.3) is 0 Å². The molecule has 0 aromatic carbocycles. The third kappa shape index (κ3) is 3.37. The fourth-order valence-electron chi connectivity index (χ4n) is 3.62. The Morgan fingerprint density at radius 1 is 1.33 bits per heavy atom. The number of ether oxygens (including phenoxy) is 1. The zero-order chi connectivity index (χ0) is 17.4.